The van der Waals surface area contributed by atoms with Crippen LogP contribution in [0.2, 0.25) is 0 Å². The molecule has 2 aliphatic heterocycles. The van der Waals surface area contributed by atoms with Gasteiger partial charge in [0.05, 0.1) is 6.33 Å². The van der Waals surface area contributed by atoms with Crippen LogP contribution >= 0.6 is 0 Å². The molecule has 2 saturated heterocycles. The maximum absolute atomic E-state index is 12.2. The number of nitrogens with one attached hydrogen (secondary N) is 2. The summed E-state index contributed by atoms with van der Waals surface area (Å²) in [6.45, 7) is 3.52. The zero-order chi connectivity index (χ0) is 17.9. The molecule has 11 nitrogen and oxygen atoms in total. The fraction of sp³-hybridized carbons (Fsp3) is 0.571. The third-order valence-corrected chi connectivity index (χ3v) is 4.26. The number of hydrogen-bond donors (Lipinski definition) is 3. The van der Waals surface area contributed by atoms with E-state index >= 15 is 0 Å². The van der Waals surface area contributed by atoms with Crippen molar-refractivity contribution in [3.8, 4) is 0 Å². The van der Waals surface area contributed by atoms with Gasteiger partial charge in [-0.3, -0.25) is 19.1 Å². The lowest BCUT2D eigenvalue weighted by atomic mass is 10.1. The molecule has 2 aromatic rings. The Labute approximate surface area is 141 Å². The number of aromatic nitrogens is 4. The quantitative estimate of drug-likeness (QED) is 0.616. The third kappa shape index (κ3) is 2.39. The summed E-state index contributed by atoms with van der Waals surface area (Å²) in [4.78, 5) is 34.7. The van der Waals surface area contributed by atoms with Crippen LogP contribution in [-0.2, 0) is 19.0 Å². The average Bonchev–Trinajstić information content (AvgIpc) is 3.17. The zero-order valence-electron chi connectivity index (χ0n) is 13.8. The van der Waals surface area contributed by atoms with Crippen molar-refractivity contribution in [2.45, 2.75) is 44.2 Å². The van der Waals surface area contributed by atoms with Crippen molar-refractivity contribution in [2.75, 3.05) is 12.8 Å². The van der Waals surface area contributed by atoms with Crippen molar-refractivity contribution in [1.82, 2.24) is 24.8 Å². The molecule has 0 spiro atoms. The Balaban J connectivity index is 1.80. The van der Waals surface area contributed by atoms with Crippen LogP contribution in [0.25, 0.3) is 11.2 Å². The monoisotopic (exact) mass is 350 g/mol. The van der Waals surface area contributed by atoms with E-state index in [0.717, 1.165) is 0 Å². The van der Waals surface area contributed by atoms with Crippen LogP contribution in [-0.4, -0.2) is 56.6 Å². The van der Waals surface area contributed by atoms with Crippen molar-refractivity contribution in [1.29, 1.82) is 0 Å². The second-order valence-corrected chi connectivity index (χ2v) is 6.40. The fourth-order valence-corrected chi connectivity index (χ4v) is 3.28. The van der Waals surface area contributed by atoms with Crippen LogP contribution in [0.1, 0.15) is 20.1 Å². The molecule has 2 unspecified atom stereocenters. The van der Waals surface area contributed by atoms with Crippen LogP contribution < -0.4 is 16.6 Å². The molecule has 0 aromatic carbocycles. The summed E-state index contributed by atoms with van der Waals surface area (Å²) in [7, 11) is 1.52. The summed E-state index contributed by atoms with van der Waals surface area (Å²) in [5.74, 6) is -1.24. The molecule has 0 radical (unpaired) electrons. The Bertz CT molecular complexity index is 905. The molecular formula is C14H18N6O5. The van der Waals surface area contributed by atoms with E-state index in [1.807, 2.05) is 0 Å². The van der Waals surface area contributed by atoms with E-state index in [9.17, 15) is 9.59 Å². The molecule has 4 heterocycles. The summed E-state index contributed by atoms with van der Waals surface area (Å²) in [6.07, 6.45) is -1.37. The normalized spacial score (nSPS) is 30.5. The number of H-pyrrole nitrogens is 1. The van der Waals surface area contributed by atoms with Gasteiger partial charge in [0, 0.05) is 7.05 Å². The number of carbonyl (C=O) groups is 1. The van der Waals surface area contributed by atoms with Gasteiger partial charge in [0.25, 0.3) is 11.5 Å². The first-order chi connectivity index (χ1) is 11.8. The number of imidazole rings is 1. The van der Waals surface area contributed by atoms with Gasteiger partial charge in [-0.25, -0.2) is 4.98 Å². The van der Waals surface area contributed by atoms with Crippen molar-refractivity contribution in [3.05, 3.63) is 16.7 Å². The maximum atomic E-state index is 12.2. The number of nitrogens with zero attached hydrogens (tertiary/aromatic N) is 3. The number of fused-ring (bicyclic) bond motifs is 2. The van der Waals surface area contributed by atoms with Gasteiger partial charge in [-0.2, -0.15) is 4.98 Å². The van der Waals surface area contributed by atoms with E-state index in [1.165, 1.54) is 17.9 Å². The van der Waals surface area contributed by atoms with E-state index in [2.05, 4.69) is 20.3 Å². The highest BCUT2D eigenvalue weighted by Crippen LogP contribution is 2.43. The second-order valence-electron chi connectivity index (χ2n) is 6.40. The first kappa shape index (κ1) is 16.0. The van der Waals surface area contributed by atoms with Gasteiger partial charge < -0.3 is 25.3 Å². The minimum absolute atomic E-state index is 0.0411. The lowest BCUT2D eigenvalue weighted by Crippen LogP contribution is -2.41. The van der Waals surface area contributed by atoms with Crippen molar-refractivity contribution >= 4 is 23.0 Å². The Hall–Kier alpha value is -2.50. The van der Waals surface area contributed by atoms with Crippen LogP contribution in [0.4, 0.5) is 5.95 Å². The third-order valence-electron chi connectivity index (χ3n) is 4.26. The van der Waals surface area contributed by atoms with E-state index < -0.39 is 35.9 Å². The lowest BCUT2D eigenvalue weighted by Gasteiger charge is -2.24. The highest BCUT2D eigenvalue weighted by atomic mass is 16.8. The van der Waals surface area contributed by atoms with Gasteiger partial charge >= 0.3 is 0 Å². The minimum Gasteiger partial charge on any atom is -0.369 e. The predicted octanol–water partition coefficient (Wildman–Crippen LogP) is -1.13. The van der Waals surface area contributed by atoms with E-state index in [-0.39, 0.29) is 23.0 Å². The number of hydrogen-bond acceptors (Lipinski definition) is 8. The topological polar surface area (TPSA) is 146 Å². The van der Waals surface area contributed by atoms with Crippen molar-refractivity contribution in [2.24, 2.45) is 0 Å². The number of anilines is 1. The number of carbonyl (C=O) groups excluding carboxylic acids is 1. The molecule has 0 saturated carbocycles. The Morgan fingerprint density at radius 1 is 1.40 bits per heavy atom. The van der Waals surface area contributed by atoms with Gasteiger partial charge in [-0.15, -0.1) is 0 Å². The molecule has 4 N–H and O–H groups in total. The van der Waals surface area contributed by atoms with Gasteiger partial charge in [0.15, 0.2) is 29.3 Å². The number of nitrogens with two attached hydrogens (primary N) is 1. The molecule has 0 aliphatic carbocycles. The molecule has 11 heteroatoms. The Kier molecular flexibility index (Phi) is 3.36. The van der Waals surface area contributed by atoms with Crippen molar-refractivity contribution < 1.29 is 19.0 Å². The summed E-state index contributed by atoms with van der Waals surface area (Å²) >= 11 is 0. The maximum Gasteiger partial charge on any atom is 0.280 e. The Morgan fingerprint density at radius 3 is 2.84 bits per heavy atom. The summed E-state index contributed by atoms with van der Waals surface area (Å²) in [6, 6.07) is 0. The standard InChI is InChI=1S/C14H18N6O5/c1-14(2)24-6-7(11(22)16-3)23-12(8(6)25-14)20-4-17-5-9(20)18-13(15)19-10(5)21/h4,6-8,12H,1-3H3,(H,16,22)(H3,15,18,19,21)/t6?,7-,8?,12+/m0/s1. The highest BCUT2D eigenvalue weighted by molar-refractivity contribution is 5.81. The minimum atomic E-state index is -0.871. The number of likely N-dealkylation sites (N-methyl/N-ethyl adjacent to an activating group) is 1. The number of aromatic amines is 1. The zero-order valence-corrected chi connectivity index (χ0v) is 13.8. The summed E-state index contributed by atoms with van der Waals surface area (Å²) in [5.41, 5.74) is 5.54. The number of rotatable bonds is 2. The van der Waals surface area contributed by atoms with Gasteiger partial charge in [-0.05, 0) is 13.8 Å². The van der Waals surface area contributed by atoms with Crippen LogP contribution in [0.15, 0.2) is 11.1 Å². The van der Waals surface area contributed by atoms with E-state index in [1.54, 1.807) is 13.8 Å². The molecule has 2 aliphatic rings. The molecule has 134 valence electrons. The van der Waals surface area contributed by atoms with Crippen molar-refractivity contribution in [3.63, 3.8) is 0 Å². The first-order valence-electron chi connectivity index (χ1n) is 7.76. The predicted molar refractivity (Wildman–Crippen MR) is 84.4 cm³/mol. The smallest absolute Gasteiger partial charge is 0.280 e. The largest absolute Gasteiger partial charge is 0.369 e. The SMILES string of the molecule is CNC(=O)[C@H]1O[C@@H](n2cnc3c(=O)[nH]c(N)nc32)C2OC(C)(C)OC21. The van der Waals surface area contributed by atoms with Gasteiger partial charge in [0.2, 0.25) is 5.95 Å². The van der Waals surface area contributed by atoms with Gasteiger partial charge in [-0.1, -0.05) is 0 Å². The number of ether oxygens (including phenoxy) is 3. The molecule has 4 atom stereocenters. The van der Waals surface area contributed by atoms with E-state index in [0.29, 0.717) is 0 Å². The molecule has 25 heavy (non-hydrogen) atoms. The highest BCUT2D eigenvalue weighted by Gasteiger charge is 2.58. The van der Waals surface area contributed by atoms with Crippen LogP contribution in [0.3, 0.4) is 0 Å². The van der Waals surface area contributed by atoms with Gasteiger partial charge in [0.1, 0.15) is 12.2 Å². The number of amides is 1. The molecular weight excluding hydrogens is 332 g/mol. The molecule has 0 bridgehead atoms. The molecule has 1 amide bonds. The summed E-state index contributed by atoms with van der Waals surface area (Å²) < 4.78 is 19.2. The van der Waals surface area contributed by atoms with Crippen LogP contribution in [0.5, 0.6) is 0 Å². The fourth-order valence-electron chi connectivity index (χ4n) is 3.28. The molecule has 4 rings (SSSR count). The molecule has 2 fully saturated rings. The van der Waals surface area contributed by atoms with E-state index in [4.69, 9.17) is 19.9 Å². The average molecular weight is 350 g/mol. The lowest BCUT2D eigenvalue weighted by molar-refractivity contribution is -0.197. The van der Waals surface area contributed by atoms with Crippen LogP contribution in [0, 0.1) is 0 Å². The second kappa shape index (κ2) is 5.25. The summed E-state index contributed by atoms with van der Waals surface area (Å²) in [5, 5.41) is 2.55. The number of nitrogen functional groups attached to an aromatic ring is 1. The molecule has 2 aromatic heterocycles. The Morgan fingerprint density at radius 2 is 2.12 bits per heavy atom. The first-order valence-corrected chi connectivity index (χ1v) is 7.76.